The lowest BCUT2D eigenvalue weighted by Gasteiger charge is -2.18. The molecular formula is C48H34O4. The van der Waals surface area contributed by atoms with E-state index in [4.69, 9.17) is 9.47 Å². The zero-order valence-electron chi connectivity index (χ0n) is 28.3. The molecule has 0 unspecified atom stereocenters. The molecule has 2 N–H and O–H groups in total. The molecule has 9 aromatic carbocycles. The highest BCUT2D eigenvalue weighted by atomic mass is 16.5. The van der Waals surface area contributed by atoms with Crippen LogP contribution >= 0.6 is 0 Å². The van der Waals surface area contributed by atoms with Crippen LogP contribution in [0.1, 0.15) is 11.1 Å². The van der Waals surface area contributed by atoms with Crippen LogP contribution in [-0.4, -0.2) is 10.2 Å². The number of benzene rings is 9. The van der Waals surface area contributed by atoms with Crippen LogP contribution in [0.4, 0.5) is 0 Å². The van der Waals surface area contributed by atoms with Crippen LogP contribution in [0, 0.1) is 0 Å². The van der Waals surface area contributed by atoms with Crippen LogP contribution in [-0.2, 0) is 13.2 Å². The normalized spacial score (nSPS) is 11.4. The summed E-state index contributed by atoms with van der Waals surface area (Å²) in [6, 6.07) is 56.4. The van der Waals surface area contributed by atoms with Crippen LogP contribution in [0.3, 0.4) is 0 Å². The van der Waals surface area contributed by atoms with Gasteiger partial charge in [-0.15, -0.1) is 0 Å². The van der Waals surface area contributed by atoms with Gasteiger partial charge in [0.1, 0.15) is 36.2 Å². The molecule has 52 heavy (non-hydrogen) atoms. The van der Waals surface area contributed by atoms with Crippen molar-refractivity contribution in [3.63, 3.8) is 0 Å². The molecule has 250 valence electrons. The van der Waals surface area contributed by atoms with Gasteiger partial charge in [0, 0.05) is 22.3 Å². The average molecular weight is 675 g/mol. The van der Waals surface area contributed by atoms with Gasteiger partial charge in [-0.05, 0) is 78.5 Å². The Hall–Kier alpha value is -6.78. The number of hydrogen-bond acceptors (Lipinski definition) is 4. The molecule has 0 saturated heterocycles. The van der Waals surface area contributed by atoms with E-state index in [9.17, 15) is 10.2 Å². The molecule has 0 saturated carbocycles. The molecule has 0 bridgehead atoms. The summed E-state index contributed by atoms with van der Waals surface area (Å²) in [6.07, 6.45) is 0. The minimum Gasteiger partial charge on any atom is -0.507 e. The summed E-state index contributed by atoms with van der Waals surface area (Å²) in [5, 5.41) is 30.7. The number of fused-ring (bicyclic) bond motifs is 4. The summed E-state index contributed by atoms with van der Waals surface area (Å²) in [7, 11) is 0. The second-order valence-electron chi connectivity index (χ2n) is 13.1. The summed E-state index contributed by atoms with van der Waals surface area (Å²) < 4.78 is 13.1. The summed E-state index contributed by atoms with van der Waals surface area (Å²) >= 11 is 0. The van der Waals surface area contributed by atoms with Crippen LogP contribution < -0.4 is 9.47 Å². The monoisotopic (exact) mass is 674 g/mol. The molecule has 0 aliphatic rings. The molecule has 0 spiro atoms. The Balaban J connectivity index is 1.00. The molecule has 4 heteroatoms. The van der Waals surface area contributed by atoms with Gasteiger partial charge in [0.2, 0.25) is 0 Å². The number of aromatic hydroxyl groups is 2. The van der Waals surface area contributed by atoms with Gasteiger partial charge in [0.05, 0.1) is 0 Å². The lowest BCUT2D eigenvalue weighted by molar-refractivity contribution is 0.304. The zero-order valence-corrected chi connectivity index (χ0v) is 28.3. The first-order valence-corrected chi connectivity index (χ1v) is 17.4. The maximum Gasteiger partial charge on any atom is 0.128 e. The first-order chi connectivity index (χ1) is 25.6. The maximum atomic E-state index is 11.2. The number of ether oxygens (including phenoxy) is 2. The fourth-order valence-electron chi connectivity index (χ4n) is 7.36. The SMILES string of the molecule is Oc1ccc2ccccc2c1-c1c(OCc2ccc(COc3ccc4ccccc4c3-c3c(O)ccc4ccccc34)cc2)ccc2ccccc12. The first-order valence-electron chi connectivity index (χ1n) is 17.4. The Labute approximate surface area is 301 Å². The fraction of sp³-hybridized carbons (Fsp3) is 0.0417. The Morgan fingerprint density at radius 1 is 0.308 bits per heavy atom. The Kier molecular flexibility index (Phi) is 7.90. The van der Waals surface area contributed by atoms with Gasteiger partial charge >= 0.3 is 0 Å². The lowest BCUT2D eigenvalue weighted by atomic mass is 9.92. The first kappa shape index (κ1) is 31.2. The molecule has 0 aliphatic heterocycles. The Morgan fingerprint density at radius 2 is 0.615 bits per heavy atom. The molecule has 0 radical (unpaired) electrons. The van der Waals surface area contributed by atoms with Crippen molar-refractivity contribution >= 4 is 43.1 Å². The van der Waals surface area contributed by atoms with E-state index < -0.39 is 0 Å². The van der Waals surface area contributed by atoms with Crippen LogP contribution in [0.15, 0.2) is 170 Å². The van der Waals surface area contributed by atoms with E-state index >= 15 is 0 Å². The number of rotatable bonds is 8. The van der Waals surface area contributed by atoms with Crippen molar-refractivity contribution in [2.45, 2.75) is 13.2 Å². The van der Waals surface area contributed by atoms with Crippen molar-refractivity contribution in [1.29, 1.82) is 0 Å². The van der Waals surface area contributed by atoms with Crippen molar-refractivity contribution in [3.05, 3.63) is 181 Å². The van der Waals surface area contributed by atoms with Crippen molar-refractivity contribution in [2.24, 2.45) is 0 Å². The highest BCUT2D eigenvalue weighted by molar-refractivity contribution is 6.11. The number of hydrogen-bond donors (Lipinski definition) is 2. The largest absolute Gasteiger partial charge is 0.507 e. The van der Waals surface area contributed by atoms with Crippen molar-refractivity contribution < 1.29 is 19.7 Å². The van der Waals surface area contributed by atoms with Crippen LogP contribution in [0.5, 0.6) is 23.0 Å². The molecule has 0 amide bonds. The summed E-state index contributed by atoms with van der Waals surface area (Å²) in [4.78, 5) is 0. The molecule has 0 aromatic heterocycles. The van der Waals surface area contributed by atoms with Crippen molar-refractivity contribution in [3.8, 4) is 45.3 Å². The summed E-state index contributed by atoms with van der Waals surface area (Å²) in [5.74, 6) is 1.85. The second-order valence-corrected chi connectivity index (χ2v) is 13.1. The molecule has 9 rings (SSSR count). The van der Waals surface area contributed by atoms with Gasteiger partial charge in [-0.3, -0.25) is 0 Å². The van der Waals surface area contributed by atoms with Gasteiger partial charge in [0.25, 0.3) is 0 Å². The Bertz CT molecular complexity index is 2570. The lowest BCUT2D eigenvalue weighted by Crippen LogP contribution is -2.00. The van der Waals surface area contributed by atoms with Gasteiger partial charge in [-0.25, -0.2) is 0 Å². The molecule has 9 aromatic rings. The molecular weight excluding hydrogens is 641 g/mol. The van der Waals surface area contributed by atoms with Crippen molar-refractivity contribution in [1.82, 2.24) is 0 Å². The van der Waals surface area contributed by atoms with E-state index in [2.05, 4.69) is 72.8 Å². The molecule has 0 atom stereocenters. The van der Waals surface area contributed by atoms with Gasteiger partial charge in [-0.1, -0.05) is 146 Å². The van der Waals surface area contributed by atoms with Crippen LogP contribution in [0.25, 0.3) is 65.3 Å². The molecule has 0 fully saturated rings. The molecule has 0 heterocycles. The van der Waals surface area contributed by atoms with Crippen molar-refractivity contribution in [2.75, 3.05) is 0 Å². The smallest absolute Gasteiger partial charge is 0.128 e. The minimum atomic E-state index is 0.217. The van der Waals surface area contributed by atoms with E-state index in [1.165, 1.54) is 0 Å². The van der Waals surface area contributed by atoms with E-state index in [0.717, 1.165) is 76.5 Å². The highest BCUT2D eigenvalue weighted by Gasteiger charge is 2.20. The fourth-order valence-corrected chi connectivity index (χ4v) is 7.36. The standard InChI is InChI=1S/C48H34O4/c49-41-25-21-33-9-1-5-13-37(33)45(41)47-39-15-7-3-11-35(39)23-27-43(47)51-29-31-17-19-32(20-18-31)30-52-44-28-24-36-12-4-8-16-40(36)48(44)46-38-14-6-2-10-34(38)22-26-42(46)50/h1-28,49-50H,29-30H2. The summed E-state index contributed by atoms with van der Waals surface area (Å²) in [5.41, 5.74) is 5.31. The third-order valence-corrected chi connectivity index (χ3v) is 9.91. The second kappa shape index (κ2) is 13.2. The zero-order chi connectivity index (χ0) is 35.0. The predicted molar refractivity (Wildman–Crippen MR) is 212 cm³/mol. The average Bonchev–Trinajstić information content (AvgIpc) is 3.19. The topological polar surface area (TPSA) is 58.9 Å². The maximum absolute atomic E-state index is 11.2. The predicted octanol–water partition coefficient (Wildman–Crippen LogP) is 12.2. The van der Waals surface area contributed by atoms with Crippen LogP contribution in [0.2, 0.25) is 0 Å². The number of phenolic OH excluding ortho intramolecular Hbond substituents is 2. The van der Waals surface area contributed by atoms with E-state index in [-0.39, 0.29) is 11.5 Å². The van der Waals surface area contributed by atoms with Gasteiger partial charge in [0.15, 0.2) is 0 Å². The quantitative estimate of drug-likeness (QED) is 0.168. The molecule has 4 nitrogen and oxygen atoms in total. The number of phenols is 2. The van der Waals surface area contributed by atoms with Gasteiger partial charge in [-0.2, -0.15) is 0 Å². The summed E-state index contributed by atoms with van der Waals surface area (Å²) in [6.45, 7) is 0.709. The molecule has 0 aliphatic carbocycles. The Morgan fingerprint density at radius 3 is 0.981 bits per heavy atom. The van der Waals surface area contributed by atoms with E-state index in [1.54, 1.807) is 12.1 Å². The van der Waals surface area contributed by atoms with E-state index in [1.807, 2.05) is 84.9 Å². The van der Waals surface area contributed by atoms with E-state index in [0.29, 0.717) is 24.7 Å². The van der Waals surface area contributed by atoms with Gasteiger partial charge < -0.3 is 19.7 Å². The third-order valence-electron chi connectivity index (χ3n) is 9.91. The minimum absolute atomic E-state index is 0.217. The highest BCUT2D eigenvalue weighted by Crippen LogP contribution is 2.46. The third kappa shape index (κ3) is 5.61.